The van der Waals surface area contributed by atoms with Crippen molar-refractivity contribution in [1.29, 1.82) is 0 Å². The van der Waals surface area contributed by atoms with Gasteiger partial charge in [0.1, 0.15) is 0 Å². The van der Waals surface area contributed by atoms with Gasteiger partial charge in [0.25, 0.3) is 0 Å². The number of hydrogen-bond acceptors (Lipinski definition) is 3. The van der Waals surface area contributed by atoms with E-state index in [0.717, 1.165) is 13.0 Å². The second-order valence-corrected chi connectivity index (χ2v) is 8.37. The highest BCUT2D eigenvalue weighted by atomic mass is 35.5. The Morgan fingerprint density at radius 1 is 0.679 bits per heavy atom. The van der Waals surface area contributed by atoms with Gasteiger partial charge in [-0.15, -0.1) is 12.4 Å². The lowest BCUT2D eigenvalue weighted by Gasteiger charge is -2.14. The van der Waals surface area contributed by atoms with Crippen LogP contribution in [0, 0.1) is 11.8 Å². The van der Waals surface area contributed by atoms with Crippen LogP contribution in [0.25, 0.3) is 0 Å². The Labute approximate surface area is 178 Å². The summed E-state index contributed by atoms with van der Waals surface area (Å²) in [5.74, 6) is -1.62. The van der Waals surface area contributed by atoms with Crippen LogP contribution in [0.3, 0.4) is 0 Å². The number of amides is 2. The van der Waals surface area contributed by atoms with E-state index >= 15 is 0 Å². The van der Waals surface area contributed by atoms with Crippen LogP contribution in [-0.4, -0.2) is 36.3 Å². The first-order valence-corrected chi connectivity index (χ1v) is 11.4. The summed E-state index contributed by atoms with van der Waals surface area (Å²) in [6.07, 6.45) is 18.9. The molecule has 1 saturated heterocycles. The van der Waals surface area contributed by atoms with Crippen molar-refractivity contribution in [3.05, 3.63) is 0 Å². The Morgan fingerprint density at radius 2 is 1.00 bits per heavy atom. The first-order valence-electron chi connectivity index (χ1n) is 11.4. The van der Waals surface area contributed by atoms with Crippen LogP contribution in [0.5, 0.6) is 0 Å². The monoisotopic (exact) mass is 417 g/mol. The molecule has 2 atom stereocenters. The van der Waals surface area contributed by atoms with Crippen LogP contribution in [-0.2, 0) is 9.59 Å². The molecule has 1 fully saturated rings. The third-order valence-electron chi connectivity index (χ3n) is 5.95. The Bertz CT molecular complexity index is 399. The fraction of sp³-hybridized carbons (Fsp3) is 0.909. The zero-order valence-electron chi connectivity index (χ0n) is 18.0. The summed E-state index contributed by atoms with van der Waals surface area (Å²) in [5, 5.41) is 0. The van der Waals surface area contributed by atoms with Gasteiger partial charge in [-0.05, 0) is 13.0 Å². The van der Waals surface area contributed by atoms with E-state index in [0.29, 0.717) is 13.1 Å². The largest absolute Gasteiger partial charge is 0.369 e. The third-order valence-corrected chi connectivity index (χ3v) is 5.95. The Hall–Kier alpha value is -0.810. The zero-order chi connectivity index (χ0) is 19.9. The zero-order valence-corrected chi connectivity index (χ0v) is 18.8. The van der Waals surface area contributed by atoms with E-state index in [1.54, 1.807) is 0 Å². The van der Waals surface area contributed by atoms with E-state index in [2.05, 4.69) is 11.8 Å². The number of rotatable bonds is 17. The highest BCUT2D eigenvalue weighted by Gasteiger charge is 2.39. The van der Waals surface area contributed by atoms with Crippen molar-refractivity contribution in [3.8, 4) is 0 Å². The molecule has 1 rings (SSSR count). The minimum atomic E-state index is -0.408. The van der Waals surface area contributed by atoms with E-state index < -0.39 is 23.7 Å². The molecule has 166 valence electrons. The molecule has 0 aromatic carbocycles. The molecule has 4 N–H and O–H groups in total. The van der Waals surface area contributed by atoms with Crippen LogP contribution in [0.15, 0.2) is 0 Å². The predicted octanol–water partition coefficient (Wildman–Crippen LogP) is 4.41. The molecule has 0 aromatic heterocycles. The molecule has 0 aromatic rings. The van der Waals surface area contributed by atoms with Crippen LogP contribution in [0.1, 0.15) is 96.8 Å². The lowest BCUT2D eigenvalue weighted by atomic mass is 9.95. The van der Waals surface area contributed by atoms with Crippen LogP contribution in [0.4, 0.5) is 0 Å². The standard InChI is InChI=1S/C22H43N3O2.ClH/c1-2-3-4-5-6-7-8-9-10-11-12-13-14-15-16-25-17-19(21(23)26)20(18-25)22(24)27;/h19-20H,2-18H2,1H3,(H2,23,26)(H2,24,27);1H. The molecule has 28 heavy (non-hydrogen) atoms. The SMILES string of the molecule is CCCCCCCCCCCCCCCCN1CC(C(N)=O)C(C(N)=O)C1.Cl. The predicted molar refractivity (Wildman–Crippen MR) is 119 cm³/mol. The molecule has 1 aliphatic rings. The highest BCUT2D eigenvalue weighted by Crippen LogP contribution is 2.23. The number of primary amides is 2. The lowest BCUT2D eigenvalue weighted by molar-refractivity contribution is -0.129. The average molecular weight is 418 g/mol. The molecule has 0 spiro atoms. The minimum absolute atomic E-state index is 0. The molecule has 0 radical (unpaired) electrons. The first kappa shape index (κ1) is 27.2. The molecule has 2 unspecified atom stereocenters. The van der Waals surface area contributed by atoms with Crippen molar-refractivity contribution in [2.45, 2.75) is 96.8 Å². The van der Waals surface area contributed by atoms with Gasteiger partial charge in [0.05, 0.1) is 11.8 Å². The average Bonchev–Trinajstić information content (AvgIpc) is 3.07. The van der Waals surface area contributed by atoms with Gasteiger partial charge in [0.2, 0.25) is 11.8 Å². The van der Waals surface area contributed by atoms with Crippen molar-refractivity contribution in [3.63, 3.8) is 0 Å². The number of hydrogen-bond donors (Lipinski definition) is 2. The third kappa shape index (κ3) is 11.9. The maximum absolute atomic E-state index is 11.5. The second kappa shape index (κ2) is 17.1. The van der Waals surface area contributed by atoms with E-state index in [1.165, 1.54) is 83.5 Å². The summed E-state index contributed by atoms with van der Waals surface area (Å²) in [7, 11) is 0. The Kier molecular flexibility index (Phi) is 16.6. The summed E-state index contributed by atoms with van der Waals surface area (Å²) >= 11 is 0. The molecule has 1 heterocycles. The summed E-state index contributed by atoms with van der Waals surface area (Å²) in [6, 6.07) is 0. The molecule has 0 saturated carbocycles. The minimum Gasteiger partial charge on any atom is -0.369 e. The van der Waals surface area contributed by atoms with E-state index in [1.807, 2.05) is 0 Å². The molecule has 0 bridgehead atoms. The van der Waals surface area contributed by atoms with Crippen molar-refractivity contribution in [2.24, 2.45) is 23.3 Å². The van der Waals surface area contributed by atoms with Gasteiger partial charge in [-0.1, -0.05) is 90.4 Å². The Balaban J connectivity index is 0.00000729. The topological polar surface area (TPSA) is 89.4 Å². The van der Waals surface area contributed by atoms with Crippen LogP contribution < -0.4 is 11.5 Å². The lowest BCUT2D eigenvalue weighted by Crippen LogP contribution is -2.36. The number of nitrogens with two attached hydrogens (primary N) is 2. The van der Waals surface area contributed by atoms with Crippen molar-refractivity contribution in [1.82, 2.24) is 4.90 Å². The quantitative estimate of drug-likeness (QED) is 0.343. The van der Waals surface area contributed by atoms with E-state index in [-0.39, 0.29) is 12.4 Å². The number of nitrogens with zero attached hydrogens (tertiary/aromatic N) is 1. The molecule has 2 amide bonds. The van der Waals surface area contributed by atoms with Gasteiger partial charge < -0.3 is 16.4 Å². The molecule has 1 aliphatic heterocycles. The maximum Gasteiger partial charge on any atom is 0.222 e. The summed E-state index contributed by atoms with van der Waals surface area (Å²) in [5.41, 5.74) is 10.8. The van der Waals surface area contributed by atoms with Gasteiger partial charge in [0.15, 0.2) is 0 Å². The number of carbonyl (C=O) groups excluding carboxylic acids is 2. The smallest absolute Gasteiger partial charge is 0.222 e. The molecular formula is C22H44ClN3O2. The van der Waals surface area contributed by atoms with Gasteiger partial charge in [-0.25, -0.2) is 0 Å². The van der Waals surface area contributed by atoms with Gasteiger partial charge in [0, 0.05) is 13.1 Å². The fourth-order valence-electron chi connectivity index (χ4n) is 4.17. The number of carbonyl (C=O) groups is 2. The van der Waals surface area contributed by atoms with Gasteiger partial charge in [-0.3, -0.25) is 9.59 Å². The van der Waals surface area contributed by atoms with Crippen LogP contribution in [0.2, 0.25) is 0 Å². The normalized spacial score (nSPS) is 19.5. The molecule has 5 nitrogen and oxygen atoms in total. The maximum atomic E-state index is 11.5. The van der Waals surface area contributed by atoms with Crippen molar-refractivity contribution in [2.75, 3.05) is 19.6 Å². The number of unbranched alkanes of at least 4 members (excludes halogenated alkanes) is 13. The van der Waals surface area contributed by atoms with Crippen molar-refractivity contribution >= 4 is 24.2 Å². The second-order valence-electron chi connectivity index (χ2n) is 8.37. The van der Waals surface area contributed by atoms with Crippen molar-refractivity contribution < 1.29 is 9.59 Å². The number of likely N-dealkylation sites (tertiary alicyclic amines) is 1. The fourth-order valence-corrected chi connectivity index (χ4v) is 4.17. The van der Waals surface area contributed by atoms with Crippen LogP contribution >= 0.6 is 12.4 Å². The Morgan fingerprint density at radius 3 is 1.32 bits per heavy atom. The van der Waals surface area contributed by atoms with E-state index in [9.17, 15) is 9.59 Å². The molecule has 0 aliphatic carbocycles. The van der Waals surface area contributed by atoms with E-state index in [4.69, 9.17) is 11.5 Å². The number of halogens is 1. The highest BCUT2D eigenvalue weighted by molar-refractivity contribution is 5.87. The summed E-state index contributed by atoms with van der Waals surface area (Å²) in [6.45, 7) is 4.37. The van der Waals surface area contributed by atoms with Gasteiger partial charge in [-0.2, -0.15) is 0 Å². The first-order chi connectivity index (χ1) is 13.1. The molecular weight excluding hydrogens is 374 g/mol. The summed E-state index contributed by atoms with van der Waals surface area (Å²) < 4.78 is 0. The summed E-state index contributed by atoms with van der Waals surface area (Å²) in [4.78, 5) is 25.1. The van der Waals surface area contributed by atoms with Gasteiger partial charge >= 0.3 is 0 Å². The molecule has 6 heteroatoms.